The summed E-state index contributed by atoms with van der Waals surface area (Å²) in [5.74, 6) is 0.0863. The van der Waals surface area contributed by atoms with Crippen LogP contribution in [0.4, 0.5) is 0 Å². The van der Waals surface area contributed by atoms with Crippen molar-refractivity contribution in [2.24, 2.45) is 11.7 Å². The Morgan fingerprint density at radius 2 is 2.00 bits per heavy atom. The van der Waals surface area contributed by atoms with E-state index in [1.807, 2.05) is 13.0 Å². The maximum absolute atomic E-state index is 11.8. The molecule has 0 aromatic heterocycles. The van der Waals surface area contributed by atoms with Crippen LogP contribution in [-0.4, -0.2) is 21.5 Å². The van der Waals surface area contributed by atoms with Crippen LogP contribution >= 0.6 is 0 Å². The summed E-state index contributed by atoms with van der Waals surface area (Å²) in [7, 11) is -3.51. The SMILES string of the molecule is C[C@H](CN)CNS(=O)(=O)c1ccc(C#N)cc1. The molecule has 0 aliphatic rings. The largest absolute Gasteiger partial charge is 0.330 e. The van der Waals surface area contributed by atoms with Gasteiger partial charge in [0.2, 0.25) is 10.0 Å². The molecule has 0 bridgehead atoms. The van der Waals surface area contributed by atoms with E-state index in [1.54, 1.807) is 0 Å². The molecule has 0 saturated carbocycles. The van der Waals surface area contributed by atoms with Crippen molar-refractivity contribution in [1.82, 2.24) is 4.72 Å². The van der Waals surface area contributed by atoms with Gasteiger partial charge >= 0.3 is 0 Å². The highest BCUT2D eigenvalue weighted by Gasteiger charge is 2.14. The topological polar surface area (TPSA) is 96.0 Å². The minimum Gasteiger partial charge on any atom is -0.330 e. The lowest BCUT2D eigenvalue weighted by Crippen LogP contribution is -2.31. The summed E-state index contributed by atoms with van der Waals surface area (Å²) in [6, 6.07) is 7.70. The molecule has 1 atom stereocenters. The Balaban J connectivity index is 2.79. The van der Waals surface area contributed by atoms with E-state index in [1.165, 1.54) is 24.3 Å². The summed E-state index contributed by atoms with van der Waals surface area (Å²) in [5.41, 5.74) is 5.84. The van der Waals surface area contributed by atoms with Gasteiger partial charge in [-0.25, -0.2) is 13.1 Å². The monoisotopic (exact) mass is 253 g/mol. The molecule has 0 heterocycles. The van der Waals surface area contributed by atoms with E-state index in [0.29, 0.717) is 18.7 Å². The predicted molar refractivity (Wildman–Crippen MR) is 64.6 cm³/mol. The summed E-state index contributed by atoms with van der Waals surface area (Å²) in [4.78, 5) is 0.153. The molecule has 5 nitrogen and oxygen atoms in total. The molecule has 0 unspecified atom stereocenters. The Hall–Kier alpha value is -1.42. The average Bonchev–Trinajstić information content (AvgIpc) is 2.36. The van der Waals surface area contributed by atoms with Crippen molar-refractivity contribution in [1.29, 1.82) is 5.26 Å². The lowest BCUT2D eigenvalue weighted by atomic mass is 10.2. The quantitative estimate of drug-likeness (QED) is 0.795. The van der Waals surface area contributed by atoms with Gasteiger partial charge in [0.15, 0.2) is 0 Å². The first-order valence-corrected chi connectivity index (χ1v) is 6.68. The highest BCUT2D eigenvalue weighted by Crippen LogP contribution is 2.10. The van der Waals surface area contributed by atoms with Crippen molar-refractivity contribution in [2.45, 2.75) is 11.8 Å². The van der Waals surface area contributed by atoms with E-state index in [2.05, 4.69) is 4.72 Å². The number of nitriles is 1. The van der Waals surface area contributed by atoms with Crippen molar-refractivity contribution in [3.05, 3.63) is 29.8 Å². The van der Waals surface area contributed by atoms with E-state index in [0.717, 1.165) is 0 Å². The zero-order chi connectivity index (χ0) is 12.9. The van der Waals surface area contributed by atoms with Crippen molar-refractivity contribution in [2.75, 3.05) is 13.1 Å². The summed E-state index contributed by atoms with van der Waals surface area (Å²) < 4.78 is 26.1. The number of nitrogens with one attached hydrogen (secondary N) is 1. The minimum atomic E-state index is -3.51. The van der Waals surface area contributed by atoms with E-state index < -0.39 is 10.0 Å². The second kappa shape index (κ2) is 5.77. The zero-order valence-corrected chi connectivity index (χ0v) is 10.4. The van der Waals surface area contributed by atoms with Gasteiger partial charge in [-0.3, -0.25) is 0 Å². The van der Waals surface area contributed by atoms with Crippen molar-refractivity contribution in [3.8, 4) is 6.07 Å². The molecule has 6 heteroatoms. The highest BCUT2D eigenvalue weighted by molar-refractivity contribution is 7.89. The van der Waals surface area contributed by atoms with Crippen LogP contribution in [0, 0.1) is 17.2 Å². The molecule has 0 radical (unpaired) electrons. The van der Waals surface area contributed by atoms with Gasteiger partial charge in [-0.2, -0.15) is 5.26 Å². The first-order chi connectivity index (χ1) is 7.99. The number of benzene rings is 1. The standard InChI is InChI=1S/C11H15N3O2S/c1-9(6-12)8-14-17(15,16)11-4-2-10(7-13)3-5-11/h2-5,9,14H,6,8,12H2,1H3/t9-/m1/s1. The molecule has 0 fully saturated rings. The smallest absolute Gasteiger partial charge is 0.240 e. The molecule has 3 N–H and O–H groups in total. The molecule has 1 aromatic carbocycles. The second-order valence-corrected chi connectivity index (χ2v) is 5.60. The molecule has 92 valence electrons. The van der Waals surface area contributed by atoms with E-state index in [9.17, 15) is 8.42 Å². The Morgan fingerprint density at radius 1 is 1.41 bits per heavy atom. The minimum absolute atomic E-state index is 0.0863. The van der Waals surface area contributed by atoms with Gasteiger partial charge in [0.05, 0.1) is 16.5 Å². The normalized spacial score (nSPS) is 13.0. The van der Waals surface area contributed by atoms with Crippen molar-refractivity contribution >= 4 is 10.0 Å². The van der Waals surface area contributed by atoms with E-state index >= 15 is 0 Å². The third-order valence-corrected chi connectivity index (χ3v) is 3.76. The maximum Gasteiger partial charge on any atom is 0.240 e. The summed E-state index contributed by atoms with van der Waals surface area (Å²) in [5, 5.41) is 8.61. The Labute approximate surface area is 101 Å². The van der Waals surface area contributed by atoms with Gasteiger partial charge in [-0.05, 0) is 36.7 Å². The van der Waals surface area contributed by atoms with Crippen molar-refractivity contribution in [3.63, 3.8) is 0 Å². The third-order valence-electron chi connectivity index (χ3n) is 2.32. The van der Waals surface area contributed by atoms with Crippen LogP contribution in [0.5, 0.6) is 0 Å². The lowest BCUT2D eigenvalue weighted by molar-refractivity contribution is 0.545. The van der Waals surface area contributed by atoms with Crippen LogP contribution in [0.25, 0.3) is 0 Å². The molecule has 0 amide bonds. The summed E-state index contributed by atoms with van der Waals surface area (Å²) >= 11 is 0. The Kier molecular flexibility index (Phi) is 4.63. The number of nitrogens with two attached hydrogens (primary N) is 1. The number of sulfonamides is 1. The zero-order valence-electron chi connectivity index (χ0n) is 9.55. The lowest BCUT2D eigenvalue weighted by Gasteiger charge is -2.10. The van der Waals surface area contributed by atoms with Gasteiger partial charge < -0.3 is 5.73 Å². The number of hydrogen-bond donors (Lipinski definition) is 2. The molecule has 1 rings (SSSR count). The first-order valence-electron chi connectivity index (χ1n) is 5.19. The van der Waals surface area contributed by atoms with Gasteiger partial charge in [0.1, 0.15) is 0 Å². The average molecular weight is 253 g/mol. The molecule has 1 aromatic rings. The van der Waals surface area contributed by atoms with Gasteiger partial charge in [-0.15, -0.1) is 0 Å². The highest BCUT2D eigenvalue weighted by atomic mass is 32.2. The van der Waals surface area contributed by atoms with Crippen molar-refractivity contribution < 1.29 is 8.42 Å². The summed E-state index contributed by atoms with van der Waals surface area (Å²) in [6.07, 6.45) is 0. The molecular weight excluding hydrogens is 238 g/mol. The Morgan fingerprint density at radius 3 is 2.47 bits per heavy atom. The molecular formula is C11H15N3O2S. The fourth-order valence-electron chi connectivity index (χ4n) is 1.13. The first kappa shape index (κ1) is 13.6. The Bertz CT molecular complexity index is 503. The molecule has 0 aliphatic carbocycles. The molecule has 17 heavy (non-hydrogen) atoms. The van der Waals surface area contributed by atoms with Gasteiger partial charge in [0.25, 0.3) is 0 Å². The molecule has 0 aliphatic heterocycles. The number of hydrogen-bond acceptors (Lipinski definition) is 4. The third kappa shape index (κ3) is 3.82. The van der Waals surface area contributed by atoms with Gasteiger partial charge in [-0.1, -0.05) is 6.92 Å². The van der Waals surface area contributed by atoms with Crippen LogP contribution < -0.4 is 10.5 Å². The van der Waals surface area contributed by atoms with Crippen LogP contribution in [-0.2, 0) is 10.0 Å². The molecule has 0 spiro atoms. The molecule has 0 saturated heterocycles. The maximum atomic E-state index is 11.8. The van der Waals surface area contributed by atoms with E-state index in [4.69, 9.17) is 11.0 Å². The van der Waals surface area contributed by atoms with Crippen LogP contribution in [0.15, 0.2) is 29.2 Å². The second-order valence-electron chi connectivity index (χ2n) is 3.83. The van der Waals surface area contributed by atoms with E-state index in [-0.39, 0.29) is 10.8 Å². The van der Waals surface area contributed by atoms with Crippen LogP contribution in [0.3, 0.4) is 0 Å². The summed E-state index contributed by atoms with van der Waals surface area (Å²) in [6.45, 7) is 2.59. The fraction of sp³-hybridized carbons (Fsp3) is 0.364. The van der Waals surface area contributed by atoms with Crippen LogP contribution in [0.1, 0.15) is 12.5 Å². The van der Waals surface area contributed by atoms with Crippen LogP contribution in [0.2, 0.25) is 0 Å². The predicted octanol–water partition coefficient (Wildman–Crippen LogP) is 0.431. The van der Waals surface area contributed by atoms with Gasteiger partial charge in [0, 0.05) is 6.54 Å². The number of nitrogens with zero attached hydrogens (tertiary/aromatic N) is 1. The number of rotatable bonds is 5. The fourth-order valence-corrected chi connectivity index (χ4v) is 2.29.